The Kier molecular flexibility index (Phi) is 4.67. The van der Waals surface area contributed by atoms with Crippen LogP contribution in [0.3, 0.4) is 0 Å². The van der Waals surface area contributed by atoms with Gasteiger partial charge in [0, 0.05) is 28.6 Å². The summed E-state index contributed by atoms with van der Waals surface area (Å²) in [6.45, 7) is 2.01. The van der Waals surface area contributed by atoms with Gasteiger partial charge in [-0.3, -0.25) is 0 Å². The normalized spacial score (nSPS) is 12.0. The number of carboxylic acids is 1. The number of nitrogens with one attached hydrogen (secondary N) is 1. The number of carbonyl (C=O) groups is 2. The fraction of sp³-hybridized carbons (Fsp3) is 0.200. The van der Waals surface area contributed by atoms with Crippen LogP contribution in [0.2, 0.25) is 0 Å². The fourth-order valence-corrected chi connectivity index (χ4v) is 3.11. The molecule has 0 fully saturated rings. The number of carbonyl (C=O) groups excluding carboxylic acids is 1. The lowest BCUT2D eigenvalue weighted by molar-refractivity contribution is 0.0599. The minimum absolute atomic E-state index is 0.0746. The van der Waals surface area contributed by atoms with E-state index in [0.717, 1.165) is 22.0 Å². The van der Waals surface area contributed by atoms with Gasteiger partial charge in [0.15, 0.2) is 0 Å². The van der Waals surface area contributed by atoms with Gasteiger partial charge in [-0.2, -0.15) is 0 Å². The van der Waals surface area contributed by atoms with E-state index in [1.54, 1.807) is 37.4 Å². The number of fused-ring (bicyclic) bond motifs is 1. The minimum Gasteiger partial charge on any atom is -0.496 e. The summed E-state index contributed by atoms with van der Waals surface area (Å²) in [6, 6.07) is 10.2. The molecule has 2 aromatic carbocycles. The van der Waals surface area contributed by atoms with E-state index < -0.39 is 11.9 Å². The summed E-state index contributed by atoms with van der Waals surface area (Å²) in [4.78, 5) is 26.2. The second-order valence-corrected chi connectivity index (χ2v) is 5.98. The lowest BCUT2D eigenvalue weighted by Crippen LogP contribution is -2.05. The van der Waals surface area contributed by atoms with Crippen LogP contribution in [-0.4, -0.2) is 36.2 Å². The Balaban J connectivity index is 2.08. The number of hydrogen-bond donors (Lipinski definition) is 2. The molecule has 0 saturated heterocycles. The molecule has 0 aliphatic rings. The van der Waals surface area contributed by atoms with Gasteiger partial charge in [0.2, 0.25) is 0 Å². The molecular formula is C20H19NO5. The maximum atomic E-state index is 11.7. The Morgan fingerprint density at radius 3 is 2.42 bits per heavy atom. The van der Waals surface area contributed by atoms with Crippen molar-refractivity contribution in [2.45, 2.75) is 12.8 Å². The standard InChI is InChI=1S/C20H19NO5/c1-11(14-6-4-13(20(24)26-3)9-18(14)25-2)16-10-21-17-7-5-12(19(22)23)8-15(16)17/h4-11,21H,1-3H3,(H,22,23). The molecule has 134 valence electrons. The first kappa shape index (κ1) is 17.5. The summed E-state index contributed by atoms with van der Waals surface area (Å²) in [5, 5.41) is 10.1. The van der Waals surface area contributed by atoms with Crippen molar-refractivity contribution in [1.82, 2.24) is 4.98 Å². The lowest BCUT2D eigenvalue weighted by Gasteiger charge is -2.16. The third-order valence-corrected chi connectivity index (χ3v) is 4.55. The van der Waals surface area contributed by atoms with Crippen LogP contribution in [0.4, 0.5) is 0 Å². The predicted molar refractivity (Wildman–Crippen MR) is 97.1 cm³/mol. The average molecular weight is 353 g/mol. The molecule has 6 heteroatoms. The smallest absolute Gasteiger partial charge is 0.337 e. The van der Waals surface area contributed by atoms with Gasteiger partial charge in [-0.05, 0) is 35.9 Å². The number of hydrogen-bond acceptors (Lipinski definition) is 4. The molecule has 0 bridgehead atoms. The van der Waals surface area contributed by atoms with Gasteiger partial charge in [0.25, 0.3) is 0 Å². The highest BCUT2D eigenvalue weighted by Gasteiger charge is 2.19. The van der Waals surface area contributed by atoms with Crippen LogP contribution >= 0.6 is 0 Å². The molecule has 0 aliphatic carbocycles. The maximum absolute atomic E-state index is 11.7. The number of benzene rings is 2. The van der Waals surface area contributed by atoms with Crippen LogP contribution in [0.25, 0.3) is 10.9 Å². The first-order valence-corrected chi connectivity index (χ1v) is 8.06. The van der Waals surface area contributed by atoms with E-state index in [-0.39, 0.29) is 11.5 Å². The van der Waals surface area contributed by atoms with Crippen molar-refractivity contribution >= 4 is 22.8 Å². The zero-order chi connectivity index (χ0) is 18.8. The van der Waals surface area contributed by atoms with E-state index in [0.29, 0.717) is 11.3 Å². The van der Waals surface area contributed by atoms with E-state index in [1.165, 1.54) is 7.11 Å². The molecular weight excluding hydrogens is 334 g/mol. The van der Waals surface area contributed by atoms with Gasteiger partial charge in [0.1, 0.15) is 5.75 Å². The van der Waals surface area contributed by atoms with E-state index in [2.05, 4.69) is 4.98 Å². The van der Waals surface area contributed by atoms with E-state index in [9.17, 15) is 14.7 Å². The fourth-order valence-electron chi connectivity index (χ4n) is 3.11. The number of methoxy groups -OCH3 is 2. The van der Waals surface area contributed by atoms with Crippen molar-refractivity contribution in [3.05, 3.63) is 64.8 Å². The summed E-state index contributed by atoms with van der Waals surface area (Å²) in [6.07, 6.45) is 1.87. The van der Waals surface area contributed by atoms with Gasteiger partial charge < -0.3 is 19.6 Å². The molecule has 0 saturated carbocycles. The number of aromatic carboxylic acids is 1. The van der Waals surface area contributed by atoms with E-state index >= 15 is 0 Å². The Morgan fingerprint density at radius 1 is 1.04 bits per heavy atom. The molecule has 0 radical (unpaired) electrons. The van der Waals surface area contributed by atoms with Crippen LogP contribution in [0.5, 0.6) is 5.75 Å². The molecule has 1 atom stereocenters. The largest absolute Gasteiger partial charge is 0.496 e. The van der Waals surface area contributed by atoms with E-state index in [4.69, 9.17) is 9.47 Å². The van der Waals surface area contributed by atoms with Crippen LogP contribution in [-0.2, 0) is 4.74 Å². The monoisotopic (exact) mass is 353 g/mol. The molecule has 1 heterocycles. The minimum atomic E-state index is -0.966. The van der Waals surface area contributed by atoms with Crippen LogP contribution in [0, 0.1) is 0 Å². The first-order chi connectivity index (χ1) is 12.5. The molecule has 26 heavy (non-hydrogen) atoms. The third-order valence-electron chi connectivity index (χ3n) is 4.55. The van der Waals surface area contributed by atoms with Crippen molar-refractivity contribution in [3.63, 3.8) is 0 Å². The first-order valence-electron chi connectivity index (χ1n) is 8.06. The Morgan fingerprint density at radius 2 is 1.77 bits per heavy atom. The maximum Gasteiger partial charge on any atom is 0.337 e. The second-order valence-electron chi connectivity index (χ2n) is 5.98. The number of carboxylic acid groups (broad SMARTS) is 1. The number of H-pyrrole nitrogens is 1. The zero-order valence-corrected chi connectivity index (χ0v) is 14.7. The Bertz CT molecular complexity index is 989. The highest BCUT2D eigenvalue weighted by Crippen LogP contribution is 2.36. The topological polar surface area (TPSA) is 88.6 Å². The highest BCUT2D eigenvalue weighted by atomic mass is 16.5. The number of ether oxygens (including phenoxy) is 2. The van der Waals surface area contributed by atoms with Gasteiger partial charge in [0.05, 0.1) is 25.3 Å². The molecule has 0 amide bonds. The zero-order valence-electron chi connectivity index (χ0n) is 14.7. The highest BCUT2D eigenvalue weighted by molar-refractivity contribution is 5.95. The number of aromatic amines is 1. The average Bonchev–Trinajstić information content (AvgIpc) is 3.09. The van der Waals surface area contributed by atoms with E-state index in [1.807, 2.05) is 19.2 Å². The van der Waals surface area contributed by atoms with Crippen molar-refractivity contribution in [2.24, 2.45) is 0 Å². The number of aromatic nitrogens is 1. The molecule has 2 N–H and O–H groups in total. The van der Waals surface area contributed by atoms with Crippen LogP contribution in [0.1, 0.15) is 44.7 Å². The van der Waals surface area contributed by atoms with Gasteiger partial charge >= 0.3 is 11.9 Å². The lowest BCUT2D eigenvalue weighted by atomic mass is 9.91. The van der Waals surface area contributed by atoms with Crippen LogP contribution < -0.4 is 4.74 Å². The van der Waals surface area contributed by atoms with Gasteiger partial charge in [-0.15, -0.1) is 0 Å². The Hall–Kier alpha value is -3.28. The molecule has 3 aromatic rings. The second kappa shape index (κ2) is 6.92. The predicted octanol–water partition coefficient (Wildman–Crippen LogP) is 3.81. The molecule has 0 spiro atoms. The molecule has 1 aromatic heterocycles. The van der Waals surface area contributed by atoms with Gasteiger partial charge in [-0.1, -0.05) is 13.0 Å². The number of esters is 1. The van der Waals surface area contributed by atoms with Gasteiger partial charge in [-0.25, -0.2) is 9.59 Å². The van der Waals surface area contributed by atoms with Crippen molar-refractivity contribution < 1.29 is 24.2 Å². The van der Waals surface area contributed by atoms with Crippen LogP contribution in [0.15, 0.2) is 42.6 Å². The SMILES string of the molecule is COC(=O)c1ccc(C(C)c2c[nH]c3ccc(C(=O)O)cc23)c(OC)c1. The summed E-state index contributed by atoms with van der Waals surface area (Å²) in [7, 11) is 2.88. The molecule has 0 aliphatic heterocycles. The third kappa shape index (κ3) is 3.01. The summed E-state index contributed by atoms with van der Waals surface area (Å²) in [5.41, 5.74) is 3.35. The summed E-state index contributed by atoms with van der Waals surface area (Å²) >= 11 is 0. The quantitative estimate of drug-likeness (QED) is 0.681. The van der Waals surface area contributed by atoms with Crippen molar-refractivity contribution in [2.75, 3.05) is 14.2 Å². The van der Waals surface area contributed by atoms with Crippen molar-refractivity contribution in [1.29, 1.82) is 0 Å². The van der Waals surface area contributed by atoms with Crippen molar-refractivity contribution in [3.8, 4) is 5.75 Å². The molecule has 6 nitrogen and oxygen atoms in total. The molecule has 3 rings (SSSR count). The molecule has 1 unspecified atom stereocenters. The number of rotatable bonds is 5. The summed E-state index contributed by atoms with van der Waals surface area (Å²) in [5.74, 6) is -0.897. The summed E-state index contributed by atoms with van der Waals surface area (Å²) < 4.78 is 10.2. The Labute approximate surface area is 150 Å².